The first-order valence-electron chi connectivity index (χ1n) is 9.65. The second-order valence-electron chi connectivity index (χ2n) is 7.24. The maximum absolute atomic E-state index is 13.4. The van der Waals surface area contributed by atoms with Crippen molar-refractivity contribution < 1.29 is 22.7 Å². The van der Waals surface area contributed by atoms with Gasteiger partial charge in [-0.05, 0) is 36.2 Å². The van der Waals surface area contributed by atoms with E-state index in [9.17, 15) is 13.2 Å². The molecule has 2 aliphatic heterocycles. The van der Waals surface area contributed by atoms with E-state index < -0.39 is 15.9 Å². The van der Waals surface area contributed by atoms with E-state index in [2.05, 4.69) is 5.32 Å². The van der Waals surface area contributed by atoms with E-state index in [4.69, 9.17) is 32.7 Å². The number of carbonyl (C=O) groups is 1. The van der Waals surface area contributed by atoms with Crippen molar-refractivity contribution in [1.82, 2.24) is 0 Å². The number of para-hydroxylation sites is 1. The fourth-order valence-corrected chi connectivity index (χ4v) is 5.93. The lowest BCUT2D eigenvalue weighted by molar-refractivity contribution is 0.102. The van der Waals surface area contributed by atoms with Gasteiger partial charge in [0.2, 0.25) is 6.79 Å². The number of nitrogens with one attached hydrogen (secondary N) is 1. The van der Waals surface area contributed by atoms with Gasteiger partial charge in [-0.1, -0.05) is 41.4 Å². The Kier molecular flexibility index (Phi) is 5.16. The first-order valence-corrected chi connectivity index (χ1v) is 11.8. The van der Waals surface area contributed by atoms with Crippen LogP contribution in [-0.4, -0.2) is 27.7 Å². The monoisotopic (exact) mass is 490 g/mol. The molecule has 0 spiro atoms. The molecule has 0 fully saturated rings. The summed E-state index contributed by atoms with van der Waals surface area (Å²) in [4.78, 5) is 12.7. The van der Waals surface area contributed by atoms with Crippen molar-refractivity contribution in [2.24, 2.45) is 0 Å². The highest BCUT2D eigenvalue weighted by molar-refractivity contribution is 7.93. The molecule has 1 amide bonds. The third-order valence-corrected chi connectivity index (χ3v) is 7.92. The molecule has 3 aromatic carbocycles. The largest absolute Gasteiger partial charge is 0.454 e. The van der Waals surface area contributed by atoms with Crippen LogP contribution in [0.4, 0.5) is 11.4 Å². The Morgan fingerprint density at radius 2 is 1.72 bits per heavy atom. The summed E-state index contributed by atoms with van der Waals surface area (Å²) in [6.45, 7) is 0.377. The highest BCUT2D eigenvalue weighted by atomic mass is 35.5. The predicted octanol–water partition coefficient (Wildman–Crippen LogP) is 4.73. The minimum atomic E-state index is -3.97. The van der Waals surface area contributed by atoms with Crippen LogP contribution in [0.15, 0.2) is 59.5 Å². The summed E-state index contributed by atoms with van der Waals surface area (Å²) in [6.07, 6.45) is 0.607. The molecule has 7 nitrogen and oxygen atoms in total. The van der Waals surface area contributed by atoms with Crippen LogP contribution in [0, 0.1) is 0 Å². The summed E-state index contributed by atoms with van der Waals surface area (Å²) in [6, 6.07) is 14.5. The smallest absolute Gasteiger partial charge is 0.265 e. The van der Waals surface area contributed by atoms with Crippen LogP contribution in [0.1, 0.15) is 15.9 Å². The molecule has 0 saturated heterocycles. The molecule has 10 heteroatoms. The normalized spacial score (nSPS) is 14.4. The van der Waals surface area contributed by atoms with E-state index in [-0.39, 0.29) is 27.3 Å². The van der Waals surface area contributed by atoms with Gasteiger partial charge in [-0.25, -0.2) is 8.42 Å². The summed E-state index contributed by atoms with van der Waals surface area (Å²) >= 11 is 12.5. The summed E-state index contributed by atoms with van der Waals surface area (Å²) in [7, 11) is -3.97. The first-order chi connectivity index (χ1) is 15.3. The molecule has 2 aliphatic rings. The number of sulfonamides is 1. The van der Waals surface area contributed by atoms with E-state index >= 15 is 0 Å². The molecule has 164 valence electrons. The van der Waals surface area contributed by atoms with E-state index in [1.165, 1.54) is 22.5 Å². The van der Waals surface area contributed by atoms with Crippen molar-refractivity contribution >= 4 is 50.5 Å². The third kappa shape index (κ3) is 3.54. The number of ether oxygens (including phenoxy) is 2. The van der Waals surface area contributed by atoms with Gasteiger partial charge < -0.3 is 14.8 Å². The molecule has 2 heterocycles. The molecule has 0 saturated carbocycles. The number of carbonyl (C=O) groups excluding carboxylic acids is 1. The fraction of sp³-hybridized carbons (Fsp3) is 0.136. The summed E-state index contributed by atoms with van der Waals surface area (Å²) in [5.41, 5.74) is 1.99. The first kappa shape index (κ1) is 20.9. The highest BCUT2D eigenvalue weighted by Gasteiger charge is 2.32. The van der Waals surface area contributed by atoms with Crippen molar-refractivity contribution in [3.05, 3.63) is 75.8 Å². The minimum absolute atomic E-state index is 0.0343. The minimum Gasteiger partial charge on any atom is -0.454 e. The van der Waals surface area contributed by atoms with Crippen LogP contribution in [0.2, 0.25) is 10.0 Å². The number of benzene rings is 3. The standard InChI is InChI=1S/C22H16Cl2N2O5S/c23-15-6-5-14(22(27)25-17-11-20-19(10-16(17)24)30-12-31-20)9-21(15)32(28,29)26-8-7-13-3-1-2-4-18(13)26/h1-6,9-11H,7-8,12H2,(H,25,27). The number of hydrogen-bond acceptors (Lipinski definition) is 5. The van der Waals surface area contributed by atoms with Crippen molar-refractivity contribution in [3.63, 3.8) is 0 Å². The van der Waals surface area contributed by atoms with Gasteiger partial charge >= 0.3 is 0 Å². The van der Waals surface area contributed by atoms with E-state index in [0.717, 1.165) is 5.56 Å². The Bertz CT molecular complexity index is 1360. The highest BCUT2D eigenvalue weighted by Crippen LogP contribution is 2.40. The number of hydrogen-bond donors (Lipinski definition) is 1. The Labute approximate surface area is 194 Å². The Morgan fingerprint density at radius 3 is 2.53 bits per heavy atom. The molecule has 5 rings (SSSR count). The lowest BCUT2D eigenvalue weighted by atomic mass is 10.2. The fourth-order valence-electron chi connectivity index (χ4n) is 3.73. The Morgan fingerprint density at radius 1 is 0.969 bits per heavy atom. The second kappa shape index (κ2) is 7.88. The van der Waals surface area contributed by atoms with Crippen molar-refractivity contribution in [3.8, 4) is 11.5 Å². The van der Waals surface area contributed by atoms with Crippen molar-refractivity contribution in [2.45, 2.75) is 11.3 Å². The molecule has 3 aromatic rings. The average molecular weight is 491 g/mol. The number of halogens is 2. The van der Waals surface area contributed by atoms with Crippen molar-refractivity contribution in [1.29, 1.82) is 0 Å². The van der Waals surface area contributed by atoms with Crippen LogP contribution in [-0.2, 0) is 16.4 Å². The molecule has 32 heavy (non-hydrogen) atoms. The lowest BCUT2D eigenvalue weighted by Gasteiger charge is -2.20. The van der Waals surface area contributed by atoms with Crippen LogP contribution < -0.4 is 19.1 Å². The zero-order chi connectivity index (χ0) is 22.5. The molecular formula is C22H16Cl2N2O5S. The molecule has 0 atom stereocenters. The maximum Gasteiger partial charge on any atom is 0.265 e. The molecule has 0 unspecified atom stereocenters. The molecule has 0 aromatic heterocycles. The molecule has 0 bridgehead atoms. The van der Waals surface area contributed by atoms with Gasteiger partial charge in [-0.15, -0.1) is 0 Å². The van der Waals surface area contributed by atoms with Crippen LogP contribution in [0.3, 0.4) is 0 Å². The molecule has 1 N–H and O–H groups in total. The zero-order valence-corrected chi connectivity index (χ0v) is 18.8. The topological polar surface area (TPSA) is 84.9 Å². The van der Waals surface area contributed by atoms with Gasteiger partial charge in [0.25, 0.3) is 15.9 Å². The third-order valence-electron chi connectivity index (χ3n) is 5.32. The number of amides is 1. The van der Waals surface area contributed by atoms with Crippen molar-refractivity contribution in [2.75, 3.05) is 23.0 Å². The van der Waals surface area contributed by atoms with Crippen LogP contribution in [0.5, 0.6) is 11.5 Å². The van der Waals surface area contributed by atoms with E-state index in [1.54, 1.807) is 24.3 Å². The Balaban J connectivity index is 1.46. The quantitative estimate of drug-likeness (QED) is 0.571. The van der Waals surface area contributed by atoms with E-state index in [0.29, 0.717) is 35.8 Å². The number of nitrogens with zero attached hydrogens (tertiary/aromatic N) is 1. The Hall–Kier alpha value is -2.94. The van der Waals surface area contributed by atoms with Gasteiger partial charge in [0.1, 0.15) is 4.90 Å². The number of rotatable bonds is 4. The zero-order valence-electron chi connectivity index (χ0n) is 16.5. The average Bonchev–Trinajstić information content (AvgIpc) is 3.41. The summed E-state index contributed by atoms with van der Waals surface area (Å²) < 4.78 is 38.7. The SMILES string of the molecule is O=C(Nc1cc2c(cc1Cl)OCO2)c1ccc(Cl)c(S(=O)(=O)N2CCc3ccccc32)c1. The van der Waals surface area contributed by atoms with Crippen LogP contribution in [0.25, 0.3) is 0 Å². The van der Waals surface area contributed by atoms with Crippen LogP contribution >= 0.6 is 23.2 Å². The van der Waals surface area contributed by atoms with Gasteiger partial charge in [0.05, 0.1) is 21.4 Å². The lowest BCUT2D eigenvalue weighted by Crippen LogP contribution is -2.29. The van der Waals surface area contributed by atoms with Gasteiger partial charge in [-0.3, -0.25) is 9.10 Å². The second-order valence-corrected chi connectivity index (χ2v) is 9.89. The maximum atomic E-state index is 13.4. The summed E-state index contributed by atoms with van der Waals surface area (Å²) in [5.74, 6) is 0.399. The number of anilines is 2. The van der Waals surface area contributed by atoms with E-state index in [1.807, 2.05) is 12.1 Å². The number of fused-ring (bicyclic) bond motifs is 2. The molecule has 0 aliphatic carbocycles. The molecule has 0 radical (unpaired) electrons. The van der Waals surface area contributed by atoms with Gasteiger partial charge in [-0.2, -0.15) is 0 Å². The van der Waals surface area contributed by atoms with Gasteiger partial charge in [0, 0.05) is 24.2 Å². The predicted molar refractivity (Wildman–Crippen MR) is 122 cm³/mol. The molecular weight excluding hydrogens is 475 g/mol. The van der Waals surface area contributed by atoms with Gasteiger partial charge in [0.15, 0.2) is 11.5 Å². The summed E-state index contributed by atoms with van der Waals surface area (Å²) in [5, 5.41) is 2.98.